The number of aromatic nitrogens is 2. The zero-order chi connectivity index (χ0) is 10.2. The van der Waals surface area contributed by atoms with Gasteiger partial charge in [-0.2, -0.15) is 5.10 Å². The van der Waals surface area contributed by atoms with Gasteiger partial charge in [-0.05, 0) is 26.0 Å². The standard InChI is InChI=1S/C10H17N3O/c1-10(14,8-3-5-11-7-8)9-4-6-13(2)12-9/h4,6,8,11,14H,3,5,7H2,1-2H3. The van der Waals surface area contributed by atoms with Crippen LogP contribution in [0.2, 0.25) is 0 Å². The Labute approximate surface area is 83.9 Å². The maximum atomic E-state index is 10.4. The summed E-state index contributed by atoms with van der Waals surface area (Å²) in [5.41, 5.74) is -0.0289. The molecule has 0 amide bonds. The van der Waals surface area contributed by atoms with E-state index in [0.29, 0.717) is 0 Å². The van der Waals surface area contributed by atoms with Crippen LogP contribution in [0.25, 0.3) is 0 Å². The molecule has 0 aromatic carbocycles. The monoisotopic (exact) mass is 195 g/mol. The zero-order valence-electron chi connectivity index (χ0n) is 8.70. The second-order valence-corrected chi connectivity index (χ2v) is 4.21. The zero-order valence-corrected chi connectivity index (χ0v) is 8.70. The minimum atomic E-state index is -0.801. The molecular formula is C10H17N3O. The van der Waals surface area contributed by atoms with Gasteiger partial charge < -0.3 is 10.4 Å². The fourth-order valence-electron chi connectivity index (χ4n) is 2.03. The van der Waals surface area contributed by atoms with E-state index in [-0.39, 0.29) is 5.92 Å². The molecule has 2 N–H and O–H groups in total. The summed E-state index contributed by atoms with van der Waals surface area (Å²) in [7, 11) is 1.87. The highest BCUT2D eigenvalue weighted by molar-refractivity contribution is 5.12. The van der Waals surface area contributed by atoms with Crippen LogP contribution < -0.4 is 5.32 Å². The van der Waals surface area contributed by atoms with Gasteiger partial charge in [0.1, 0.15) is 5.60 Å². The highest BCUT2D eigenvalue weighted by Crippen LogP contribution is 2.31. The highest BCUT2D eigenvalue weighted by Gasteiger charge is 2.37. The minimum absolute atomic E-state index is 0.275. The van der Waals surface area contributed by atoms with Crippen LogP contribution in [-0.2, 0) is 12.6 Å². The summed E-state index contributed by atoms with van der Waals surface area (Å²) in [5.74, 6) is 0.275. The van der Waals surface area contributed by atoms with Crippen molar-refractivity contribution in [1.82, 2.24) is 15.1 Å². The van der Waals surface area contributed by atoms with Gasteiger partial charge in [-0.25, -0.2) is 0 Å². The van der Waals surface area contributed by atoms with Crippen LogP contribution in [0.15, 0.2) is 12.3 Å². The summed E-state index contributed by atoms with van der Waals surface area (Å²) in [5, 5.41) is 17.9. The first-order valence-corrected chi connectivity index (χ1v) is 5.04. The molecule has 1 aliphatic rings. The summed E-state index contributed by atoms with van der Waals surface area (Å²) >= 11 is 0. The lowest BCUT2D eigenvalue weighted by atomic mass is 9.86. The van der Waals surface area contributed by atoms with Gasteiger partial charge in [0.15, 0.2) is 0 Å². The first-order chi connectivity index (χ1) is 6.60. The van der Waals surface area contributed by atoms with E-state index in [1.54, 1.807) is 4.68 Å². The lowest BCUT2D eigenvalue weighted by molar-refractivity contribution is -0.00238. The molecular weight excluding hydrogens is 178 g/mol. The lowest BCUT2D eigenvalue weighted by Crippen LogP contribution is -2.33. The molecule has 4 heteroatoms. The van der Waals surface area contributed by atoms with Crippen molar-refractivity contribution in [1.29, 1.82) is 0 Å². The first-order valence-electron chi connectivity index (χ1n) is 5.04. The van der Waals surface area contributed by atoms with Crippen molar-refractivity contribution in [3.8, 4) is 0 Å². The number of nitrogens with one attached hydrogen (secondary N) is 1. The van der Waals surface area contributed by atoms with Crippen LogP contribution in [0.3, 0.4) is 0 Å². The van der Waals surface area contributed by atoms with Crippen LogP contribution in [0, 0.1) is 5.92 Å². The molecule has 78 valence electrons. The lowest BCUT2D eigenvalue weighted by Gasteiger charge is -2.27. The normalized spacial score (nSPS) is 26.4. The average Bonchev–Trinajstić information content (AvgIpc) is 2.72. The second kappa shape index (κ2) is 3.37. The number of rotatable bonds is 2. The van der Waals surface area contributed by atoms with Gasteiger partial charge in [0.05, 0.1) is 5.69 Å². The third-order valence-corrected chi connectivity index (χ3v) is 3.09. The number of hydrogen-bond acceptors (Lipinski definition) is 3. The van der Waals surface area contributed by atoms with E-state index in [4.69, 9.17) is 0 Å². The minimum Gasteiger partial charge on any atom is -0.383 e. The van der Waals surface area contributed by atoms with E-state index < -0.39 is 5.60 Å². The van der Waals surface area contributed by atoms with Crippen molar-refractivity contribution in [2.75, 3.05) is 13.1 Å². The van der Waals surface area contributed by atoms with Crippen LogP contribution in [0.1, 0.15) is 19.0 Å². The largest absolute Gasteiger partial charge is 0.383 e. The Balaban J connectivity index is 2.22. The predicted octanol–water partition coefficient (Wildman–Crippen LogP) is 0.237. The molecule has 14 heavy (non-hydrogen) atoms. The Morgan fingerprint density at radius 2 is 2.50 bits per heavy atom. The number of hydrogen-bond donors (Lipinski definition) is 2. The summed E-state index contributed by atoms with van der Waals surface area (Å²) in [6.07, 6.45) is 2.88. The molecule has 1 saturated heterocycles. The molecule has 2 unspecified atom stereocenters. The summed E-state index contributed by atoms with van der Waals surface area (Å²) in [6, 6.07) is 1.89. The smallest absolute Gasteiger partial charge is 0.110 e. The van der Waals surface area contributed by atoms with E-state index in [1.807, 2.05) is 26.2 Å². The average molecular weight is 195 g/mol. The van der Waals surface area contributed by atoms with Crippen LogP contribution in [-0.4, -0.2) is 28.0 Å². The van der Waals surface area contributed by atoms with Gasteiger partial charge in [-0.3, -0.25) is 4.68 Å². The van der Waals surface area contributed by atoms with E-state index in [2.05, 4.69) is 10.4 Å². The molecule has 2 heterocycles. The second-order valence-electron chi connectivity index (χ2n) is 4.21. The number of aryl methyl sites for hydroxylation is 1. The maximum Gasteiger partial charge on any atom is 0.110 e. The van der Waals surface area contributed by atoms with Gasteiger partial charge in [-0.15, -0.1) is 0 Å². The fraction of sp³-hybridized carbons (Fsp3) is 0.700. The van der Waals surface area contributed by atoms with E-state index in [9.17, 15) is 5.11 Å². The van der Waals surface area contributed by atoms with Gasteiger partial charge in [0, 0.05) is 25.7 Å². The topological polar surface area (TPSA) is 50.1 Å². The van der Waals surface area contributed by atoms with Gasteiger partial charge in [0.25, 0.3) is 0 Å². The Kier molecular flexibility index (Phi) is 2.33. The summed E-state index contributed by atoms with van der Waals surface area (Å²) in [4.78, 5) is 0. The molecule has 1 fully saturated rings. The van der Waals surface area contributed by atoms with Gasteiger partial charge in [-0.1, -0.05) is 0 Å². The Hall–Kier alpha value is -0.870. The summed E-state index contributed by atoms with van der Waals surface area (Å²) < 4.78 is 1.73. The quantitative estimate of drug-likeness (QED) is 0.710. The molecule has 1 aromatic heterocycles. The van der Waals surface area contributed by atoms with Crippen molar-refractivity contribution < 1.29 is 5.11 Å². The summed E-state index contributed by atoms with van der Waals surface area (Å²) in [6.45, 7) is 3.73. The van der Waals surface area contributed by atoms with Crippen LogP contribution in [0.5, 0.6) is 0 Å². The molecule has 2 atom stereocenters. The van der Waals surface area contributed by atoms with E-state index in [0.717, 1.165) is 25.2 Å². The van der Waals surface area contributed by atoms with Crippen molar-refractivity contribution in [3.63, 3.8) is 0 Å². The third-order valence-electron chi connectivity index (χ3n) is 3.09. The molecule has 2 rings (SSSR count). The van der Waals surface area contributed by atoms with Crippen molar-refractivity contribution >= 4 is 0 Å². The fourth-order valence-corrected chi connectivity index (χ4v) is 2.03. The number of aliphatic hydroxyl groups is 1. The Morgan fingerprint density at radius 1 is 1.71 bits per heavy atom. The molecule has 0 bridgehead atoms. The van der Waals surface area contributed by atoms with E-state index in [1.165, 1.54) is 0 Å². The highest BCUT2D eigenvalue weighted by atomic mass is 16.3. The van der Waals surface area contributed by atoms with Crippen LogP contribution >= 0.6 is 0 Å². The first kappa shape index (κ1) is 9.68. The molecule has 0 spiro atoms. The molecule has 0 aliphatic carbocycles. The molecule has 0 radical (unpaired) electrons. The van der Waals surface area contributed by atoms with Crippen LogP contribution in [0.4, 0.5) is 0 Å². The van der Waals surface area contributed by atoms with E-state index >= 15 is 0 Å². The van der Waals surface area contributed by atoms with Crippen molar-refractivity contribution in [2.24, 2.45) is 13.0 Å². The Morgan fingerprint density at radius 3 is 3.00 bits per heavy atom. The SMILES string of the molecule is Cn1ccc(C(C)(O)C2CCNC2)n1. The van der Waals surface area contributed by atoms with Crippen molar-refractivity contribution in [2.45, 2.75) is 18.9 Å². The molecule has 0 saturated carbocycles. The molecule has 1 aliphatic heterocycles. The predicted molar refractivity (Wildman–Crippen MR) is 53.8 cm³/mol. The molecule has 1 aromatic rings. The number of nitrogens with zero attached hydrogens (tertiary/aromatic N) is 2. The van der Waals surface area contributed by atoms with Gasteiger partial charge >= 0.3 is 0 Å². The third kappa shape index (κ3) is 1.55. The Bertz CT molecular complexity index is 313. The van der Waals surface area contributed by atoms with Gasteiger partial charge in [0.2, 0.25) is 0 Å². The van der Waals surface area contributed by atoms with Crippen molar-refractivity contribution in [3.05, 3.63) is 18.0 Å². The maximum absolute atomic E-state index is 10.4. The molecule has 4 nitrogen and oxygen atoms in total.